The van der Waals surface area contributed by atoms with Gasteiger partial charge in [-0.1, -0.05) is 11.6 Å². The monoisotopic (exact) mass is 329 g/mol. The summed E-state index contributed by atoms with van der Waals surface area (Å²) in [4.78, 5) is 14.6. The van der Waals surface area contributed by atoms with E-state index >= 15 is 0 Å². The molecule has 0 unspecified atom stereocenters. The Bertz CT molecular complexity index is 481. The van der Waals surface area contributed by atoms with Gasteiger partial charge in [0.25, 0.3) is 0 Å². The van der Waals surface area contributed by atoms with E-state index in [0.29, 0.717) is 0 Å². The average molecular weight is 330 g/mol. The Morgan fingerprint density at radius 1 is 1.33 bits per heavy atom. The smallest absolute Gasteiger partial charge is 0.207 e. The molecule has 0 spiro atoms. The van der Waals surface area contributed by atoms with Gasteiger partial charge in [0.1, 0.15) is 0 Å². The number of carbonyl (C=O) groups is 1. The molecule has 0 atom stereocenters. The number of rotatable bonds is 6. The number of nitrogens with one attached hydrogen (secondary N) is 2. The highest BCUT2D eigenvalue weighted by Gasteiger charge is 2.45. The van der Waals surface area contributed by atoms with Crippen LogP contribution in [0.2, 0.25) is 4.34 Å². The van der Waals surface area contributed by atoms with E-state index < -0.39 is 0 Å². The van der Waals surface area contributed by atoms with Gasteiger partial charge in [0.2, 0.25) is 6.41 Å². The molecule has 0 bridgehead atoms. The molecule has 1 fully saturated rings. The molecule has 0 saturated heterocycles. The quantitative estimate of drug-likeness (QED) is 0.788. The van der Waals surface area contributed by atoms with Gasteiger partial charge in [0.15, 0.2) is 0 Å². The lowest BCUT2D eigenvalue weighted by molar-refractivity contribution is -0.112. The molecule has 1 aromatic heterocycles. The summed E-state index contributed by atoms with van der Waals surface area (Å²) in [6, 6.07) is 4.12. The van der Waals surface area contributed by atoms with Gasteiger partial charge in [-0.25, -0.2) is 0 Å². The van der Waals surface area contributed by atoms with E-state index in [4.69, 9.17) is 11.6 Å². The Kier molecular flexibility index (Phi) is 5.30. The summed E-state index contributed by atoms with van der Waals surface area (Å²) in [5, 5.41) is 6.26. The van der Waals surface area contributed by atoms with Gasteiger partial charge < -0.3 is 10.6 Å². The molecule has 1 aromatic rings. The number of thiophene rings is 1. The minimum absolute atomic E-state index is 0.0274. The second-order valence-electron chi connectivity index (χ2n) is 6.10. The van der Waals surface area contributed by atoms with Crippen LogP contribution in [0, 0.1) is 0 Å². The molecular weight excluding hydrogens is 306 g/mol. The highest BCUT2D eigenvalue weighted by atomic mass is 35.5. The number of nitrogens with zero attached hydrogens (tertiary/aromatic N) is 1. The largest absolute Gasteiger partial charge is 0.352 e. The number of likely N-dealkylation sites (N-methyl/N-ethyl adjacent to an activating group) is 1. The fraction of sp³-hybridized carbons (Fsp3) is 0.667. The Morgan fingerprint density at radius 2 is 2.00 bits per heavy atom. The lowest BCUT2D eigenvalue weighted by Gasteiger charge is -2.49. The Morgan fingerprint density at radius 3 is 2.43 bits per heavy atom. The minimum Gasteiger partial charge on any atom is -0.352 e. The second kappa shape index (κ2) is 6.65. The summed E-state index contributed by atoms with van der Waals surface area (Å²) in [5.74, 6) is 0. The van der Waals surface area contributed by atoms with Crippen molar-refractivity contribution in [2.75, 3.05) is 27.7 Å². The van der Waals surface area contributed by atoms with E-state index in [1.54, 1.807) is 11.3 Å². The van der Waals surface area contributed by atoms with Gasteiger partial charge in [0, 0.05) is 11.4 Å². The molecule has 2 rings (SSSR count). The highest BCUT2D eigenvalue weighted by molar-refractivity contribution is 7.16. The van der Waals surface area contributed by atoms with Gasteiger partial charge in [-0.3, -0.25) is 9.69 Å². The van der Waals surface area contributed by atoms with Crippen molar-refractivity contribution in [1.29, 1.82) is 0 Å². The van der Waals surface area contributed by atoms with Gasteiger partial charge in [0.05, 0.1) is 15.4 Å². The maximum atomic E-state index is 11.0. The van der Waals surface area contributed by atoms with Crippen LogP contribution in [0.4, 0.5) is 0 Å². The first-order valence-electron chi connectivity index (χ1n) is 7.27. The van der Waals surface area contributed by atoms with Crippen LogP contribution in [0.15, 0.2) is 12.1 Å². The third-order valence-electron chi connectivity index (χ3n) is 4.80. The summed E-state index contributed by atoms with van der Waals surface area (Å²) >= 11 is 7.80. The predicted molar refractivity (Wildman–Crippen MR) is 89.0 cm³/mol. The molecule has 6 heteroatoms. The van der Waals surface area contributed by atoms with Gasteiger partial charge in [-0.15, -0.1) is 11.3 Å². The van der Waals surface area contributed by atoms with Crippen molar-refractivity contribution >= 4 is 29.3 Å². The topological polar surface area (TPSA) is 44.4 Å². The molecule has 1 saturated carbocycles. The fourth-order valence-electron chi connectivity index (χ4n) is 3.46. The van der Waals surface area contributed by atoms with Gasteiger partial charge in [-0.05, 0) is 59.0 Å². The summed E-state index contributed by atoms with van der Waals surface area (Å²) in [7, 11) is 6.19. The zero-order chi connectivity index (χ0) is 15.5. The zero-order valence-electron chi connectivity index (χ0n) is 12.9. The van der Waals surface area contributed by atoms with Crippen LogP contribution in [0.5, 0.6) is 0 Å². The molecule has 4 nitrogen and oxygen atoms in total. The normalized spacial score (nSPS) is 29.6. The van der Waals surface area contributed by atoms with Crippen molar-refractivity contribution < 1.29 is 4.79 Å². The zero-order valence-corrected chi connectivity index (χ0v) is 14.5. The van der Waals surface area contributed by atoms with Crippen LogP contribution in [-0.4, -0.2) is 44.5 Å². The molecule has 0 aliphatic heterocycles. The first-order chi connectivity index (χ1) is 9.98. The maximum absolute atomic E-state index is 11.0. The number of halogens is 1. The van der Waals surface area contributed by atoms with Crippen LogP contribution in [-0.2, 0) is 10.3 Å². The maximum Gasteiger partial charge on any atom is 0.207 e. The molecule has 2 N–H and O–H groups in total. The van der Waals surface area contributed by atoms with Crippen LogP contribution in [0.1, 0.15) is 30.6 Å². The first kappa shape index (κ1) is 16.7. The van der Waals surface area contributed by atoms with E-state index in [9.17, 15) is 4.79 Å². The lowest BCUT2D eigenvalue weighted by atomic mass is 9.71. The van der Waals surface area contributed by atoms with Crippen molar-refractivity contribution in [3.8, 4) is 0 Å². The van der Waals surface area contributed by atoms with E-state index in [1.165, 1.54) is 4.88 Å². The number of hydrogen-bond donors (Lipinski definition) is 2. The molecule has 1 heterocycles. The van der Waals surface area contributed by atoms with Crippen molar-refractivity contribution in [3.05, 3.63) is 21.3 Å². The molecule has 0 aromatic carbocycles. The summed E-state index contributed by atoms with van der Waals surface area (Å²) < 4.78 is 0.837. The number of carbonyl (C=O) groups excluding carboxylic acids is 1. The molecule has 118 valence electrons. The van der Waals surface area contributed by atoms with Gasteiger partial charge >= 0.3 is 0 Å². The van der Waals surface area contributed by atoms with Crippen LogP contribution < -0.4 is 10.6 Å². The molecule has 0 radical (unpaired) electrons. The van der Waals surface area contributed by atoms with E-state index in [2.05, 4.69) is 35.7 Å². The summed E-state index contributed by atoms with van der Waals surface area (Å²) in [6.45, 7) is 0.806. The fourth-order valence-corrected chi connectivity index (χ4v) is 4.83. The number of hydrogen-bond acceptors (Lipinski definition) is 4. The SMILES string of the molecule is CNCC1(NC=O)CCC(c2ccc(Cl)s2)(N(C)C)CC1. The van der Waals surface area contributed by atoms with Gasteiger partial charge in [-0.2, -0.15) is 0 Å². The van der Waals surface area contributed by atoms with Crippen molar-refractivity contribution in [2.45, 2.75) is 36.8 Å². The van der Waals surface area contributed by atoms with Crippen LogP contribution in [0.3, 0.4) is 0 Å². The molecular formula is C15H24ClN3OS. The van der Waals surface area contributed by atoms with Crippen LogP contribution >= 0.6 is 22.9 Å². The third kappa shape index (κ3) is 3.26. The predicted octanol–water partition coefficient (Wildman–Crippen LogP) is 2.44. The van der Waals surface area contributed by atoms with E-state index in [-0.39, 0.29) is 11.1 Å². The molecule has 1 aliphatic carbocycles. The third-order valence-corrected chi connectivity index (χ3v) is 6.23. The Labute approximate surface area is 135 Å². The van der Waals surface area contributed by atoms with Crippen molar-refractivity contribution in [3.63, 3.8) is 0 Å². The van der Waals surface area contributed by atoms with E-state index in [1.807, 2.05) is 13.1 Å². The number of amides is 1. The Balaban J connectivity index is 2.23. The Hall–Kier alpha value is -0.620. The molecule has 1 amide bonds. The standard InChI is InChI=1S/C15H24ClN3OS/c1-17-10-14(18-11-20)6-8-15(9-7-14,19(2)3)12-4-5-13(16)21-12/h4-5,11,17H,6-10H2,1-3H3,(H,18,20). The van der Waals surface area contributed by atoms with E-state index in [0.717, 1.165) is 43.0 Å². The van der Waals surface area contributed by atoms with Crippen LogP contribution in [0.25, 0.3) is 0 Å². The lowest BCUT2D eigenvalue weighted by Crippen LogP contribution is -2.57. The average Bonchev–Trinajstić information content (AvgIpc) is 2.87. The van der Waals surface area contributed by atoms with Crippen molar-refractivity contribution in [1.82, 2.24) is 15.5 Å². The molecule has 1 aliphatic rings. The molecule has 21 heavy (non-hydrogen) atoms. The first-order valence-corrected chi connectivity index (χ1v) is 8.47. The van der Waals surface area contributed by atoms with Crippen molar-refractivity contribution in [2.24, 2.45) is 0 Å². The summed E-state index contributed by atoms with van der Waals surface area (Å²) in [6.07, 6.45) is 4.78. The minimum atomic E-state index is -0.128. The highest BCUT2D eigenvalue weighted by Crippen LogP contribution is 2.47. The summed E-state index contributed by atoms with van der Waals surface area (Å²) in [5.41, 5.74) is -0.101. The second-order valence-corrected chi connectivity index (χ2v) is 7.82.